The molecule has 0 saturated carbocycles. The Kier molecular flexibility index (Phi) is 4.08. The first-order valence-electron chi connectivity index (χ1n) is 5.62. The van der Waals surface area contributed by atoms with Crippen LogP contribution >= 0.6 is 11.3 Å². The van der Waals surface area contributed by atoms with E-state index in [9.17, 15) is 4.79 Å². The highest BCUT2D eigenvalue weighted by atomic mass is 32.1. The monoisotopic (exact) mass is 241 g/mol. The molecule has 4 heteroatoms. The van der Waals surface area contributed by atoms with Crippen LogP contribution in [0.2, 0.25) is 0 Å². The van der Waals surface area contributed by atoms with Crippen LogP contribution in [-0.2, 0) is 10.2 Å². The molecule has 0 aliphatic carbocycles. The van der Waals surface area contributed by atoms with Crippen molar-refractivity contribution in [3.05, 3.63) is 16.1 Å². The minimum absolute atomic E-state index is 0.461. The molecule has 0 bridgehead atoms. The number of thiazole rings is 1. The van der Waals surface area contributed by atoms with Crippen LogP contribution in [0.3, 0.4) is 0 Å². The maximum absolute atomic E-state index is 11.1. The van der Waals surface area contributed by atoms with Gasteiger partial charge in [0.25, 0.3) is 0 Å². The normalized spacial score (nSPS) is 12.1. The maximum Gasteiger partial charge on any atom is 0.315 e. The fraction of sp³-hybridized carbons (Fsp3) is 0.667. The highest BCUT2D eigenvalue weighted by Gasteiger charge is 2.32. The summed E-state index contributed by atoms with van der Waals surface area (Å²) in [5, 5.41) is 12.1. The third kappa shape index (κ3) is 2.43. The Balaban J connectivity index is 2.99. The van der Waals surface area contributed by atoms with Gasteiger partial charge >= 0.3 is 5.97 Å². The van der Waals surface area contributed by atoms with E-state index in [4.69, 9.17) is 5.11 Å². The molecule has 0 aromatic carbocycles. The second-order valence-corrected chi connectivity index (χ2v) is 5.40. The molecule has 1 rings (SSSR count). The fourth-order valence-corrected chi connectivity index (χ4v) is 2.77. The number of carboxylic acid groups (broad SMARTS) is 1. The Morgan fingerprint density at radius 2 is 2.06 bits per heavy atom. The second-order valence-electron chi connectivity index (χ2n) is 4.51. The first kappa shape index (κ1) is 13.2. The minimum atomic E-state index is -0.888. The largest absolute Gasteiger partial charge is 0.481 e. The summed E-state index contributed by atoms with van der Waals surface area (Å²) in [6, 6.07) is 0. The van der Waals surface area contributed by atoms with E-state index in [1.54, 1.807) is 25.2 Å². The van der Waals surface area contributed by atoms with Gasteiger partial charge in [-0.05, 0) is 26.7 Å². The van der Waals surface area contributed by atoms with E-state index in [2.05, 4.69) is 18.8 Å². The summed E-state index contributed by atoms with van der Waals surface area (Å²) in [6.45, 7) is 7.66. The predicted octanol–water partition coefficient (Wildman–Crippen LogP) is 3.41. The van der Waals surface area contributed by atoms with Crippen molar-refractivity contribution in [3.63, 3.8) is 0 Å². The summed E-state index contributed by atoms with van der Waals surface area (Å²) in [4.78, 5) is 15.6. The van der Waals surface area contributed by atoms with E-state index < -0.39 is 11.4 Å². The SMILES string of the molecule is CCC(CC)c1nc(C(C)(C)C(=O)O)cs1. The van der Waals surface area contributed by atoms with Crippen molar-refractivity contribution in [2.24, 2.45) is 0 Å². The average molecular weight is 241 g/mol. The Labute approximate surface area is 101 Å². The van der Waals surface area contributed by atoms with E-state index in [1.807, 2.05) is 5.38 Å². The van der Waals surface area contributed by atoms with Gasteiger partial charge in [0.1, 0.15) is 5.41 Å². The standard InChI is InChI=1S/C12H19NO2S/c1-5-8(6-2)10-13-9(7-16-10)12(3,4)11(14)15/h7-8H,5-6H2,1-4H3,(H,14,15). The molecule has 0 unspecified atom stereocenters. The second kappa shape index (κ2) is 4.95. The van der Waals surface area contributed by atoms with Crippen LogP contribution in [0.15, 0.2) is 5.38 Å². The van der Waals surface area contributed by atoms with Crippen LogP contribution in [0.5, 0.6) is 0 Å². The zero-order chi connectivity index (χ0) is 12.3. The fourth-order valence-electron chi connectivity index (χ4n) is 1.51. The van der Waals surface area contributed by atoms with Crippen molar-refractivity contribution in [1.82, 2.24) is 4.98 Å². The van der Waals surface area contributed by atoms with Crippen LogP contribution in [0, 0.1) is 0 Å². The summed E-state index contributed by atoms with van der Waals surface area (Å²) in [5.41, 5.74) is -0.215. The first-order valence-corrected chi connectivity index (χ1v) is 6.50. The lowest BCUT2D eigenvalue weighted by Gasteiger charge is -2.16. The lowest BCUT2D eigenvalue weighted by Crippen LogP contribution is -2.28. The summed E-state index contributed by atoms with van der Waals surface area (Å²) >= 11 is 1.58. The van der Waals surface area contributed by atoms with E-state index >= 15 is 0 Å². The number of carbonyl (C=O) groups is 1. The molecular formula is C12H19NO2S. The van der Waals surface area contributed by atoms with Gasteiger partial charge in [-0.25, -0.2) is 4.98 Å². The summed E-state index contributed by atoms with van der Waals surface area (Å²) in [5.74, 6) is -0.364. The van der Waals surface area contributed by atoms with Crippen LogP contribution in [0.1, 0.15) is 57.2 Å². The van der Waals surface area contributed by atoms with Gasteiger partial charge < -0.3 is 5.11 Å². The zero-order valence-electron chi connectivity index (χ0n) is 10.3. The smallest absolute Gasteiger partial charge is 0.315 e. The lowest BCUT2D eigenvalue weighted by molar-refractivity contribution is -0.142. The van der Waals surface area contributed by atoms with E-state index in [-0.39, 0.29) is 0 Å². The molecule has 3 nitrogen and oxygen atoms in total. The average Bonchev–Trinajstić information content (AvgIpc) is 2.69. The number of nitrogens with zero attached hydrogens (tertiary/aromatic N) is 1. The number of carboxylic acids is 1. The maximum atomic E-state index is 11.1. The molecule has 0 atom stereocenters. The van der Waals surface area contributed by atoms with Crippen molar-refractivity contribution >= 4 is 17.3 Å². The first-order chi connectivity index (χ1) is 7.43. The summed E-state index contributed by atoms with van der Waals surface area (Å²) < 4.78 is 0. The molecule has 0 aliphatic heterocycles. The Bertz CT molecular complexity index is 367. The van der Waals surface area contributed by atoms with Gasteiger partial charge in [0.05, 0.1) is 10.7 Å². The van der Waals surface area contributed by atoms with E-state index in [1.165, 1.54) is 0 Å². The Morgan fingerprint density at radius 3 is 2.50 bits per heavy atom. The molecule has 0 saturated heterocycles. The molecule has 1 N–H and O–H groups in total. The molecule has 1 aromatic rings. The third-order valence-electron chi connectivity index (χ3n) is 3.03. The number of rotatable bonds is 5. The summed E-state index contributed by atoms with van der Waals surface area (Å²) in [6.07, 6.45) is 2.11. The molecule has 0 fully saturated rings. The van der Waals surface area contributed by atoms with Crippen LogP contribution in [0.25, 0.3) is 0 Å². The topological polar surface area (TPSA) is 50.2 Å². The number of hydrogen-bond donors (Lipinski definition) is 1. The third-order valence-corrected chi connectivity index (χ3v) is 4.04. The predicted molar refractivity (Wildman–Crippen MR) is 66.1 cm³/mol. The van der Waals surface area contributed by atoms with Crippen molar-refractivity contribution in [3.8, 4) is 0 Å². The Hall–Kier alpha value is -0.900. The molecule has 0 radical (unpaired) electrons. The van der Waals surface area contributed by atoms with Crippen molar-refractivity contribution < 1.29 is 9.90 Å². The summed E-state index contributed by atoms with van der Waals surface area (Å²) in [7, 11) is 0. The number of aliphatic carboxylic acids is 1. The van der Waals surface area contributed by atoms with Gasteiger partial charge in [0.2, 0.25) is 0 Å². The number of aromatic nitrogens is 1. The molecule has 0 aliphatic rings. The molecule has 1 aromatic heterocycles. The quantitative estimate of drug-likeness (QED) is 0.859. The molecule has 90 valence electrons. The highest BCUT2D eigenvalue weighted by Crippen LogP contribution is 2.31. The van der Waals surface area contributed by atoms with Gasteiger partial charge in [-0.15, -0.1) is 11.3 Å². The number of hydrogen-bond acceptors (Lipinski definition) is 3. The van der Waals surface area contributed by atoms with E-state index in [0.29, 0.717) is 11.6 Å². The van der Waals surface area contributed by atoms with Gasteiger partial charge in [-0.3, -0.25) is 4.79 Å². The zero-order valence-corrected chi connectivity index (χ0v) is 11.1. The van der Waals surface area contributed by atoms with Crippen LogP contribution in [-0.4, -0.2) is 16.1 Å². The molecular weight excluding hydrogens is 222 g/mol. The van der Waals surface area contributed by atoms with Crippen molar-refractivity contribution in [1.29, 1.82) is 0 Å². The molecule has 1 heterocycles. The highest BCUT2D eigenvalue weighted by molar-refractivity contribution is 7.09. The van der Waals surface area contributed by atoms with E-state index in [0.717, 1.165) is 17.8 Å². The Morgan fingerprint density at radius 1 is 1.50 bits per heavy atom. The van der Waals surface area contributed by atoms with Crippen molar-refractivity contribution in [2.75, 3.05) is 0 Å². The molecule has 0 amide bonds. The van der Waals surface area contributed by atoms with Gasteiger partial charge in [0, 0.05) is 11.3 Å². The lowest BCUT2D eigenvalue weighted by atomic mass is 9.90. The van der Waals surface area contributed by atoms with Gasteiger partial charge in [-0.1, -0.05) is 13.8 Å². The van der Waals surface area contributed by atoms with Gasteiger partial charge in [0.15, 0.2) is 0 Å². The van der Waals surface area contributed by atoms with Gasteiger partial charge in [-0.2, -0.15) is 0 Å². The van der Waals surface area contributed by atoms with Crippen LogP contribution < -0.4 is 0 Å². The van der Waals surface area contributed by atoms with Crippen LogP contribution in [0.4, 0.5) is 0 Å². The molecule has 0 spiro atoms. The minimum Gasteiger partial charge on any atom is -0.481 e. The van der Waals surface area contributed by atoms with Crippen molar-refractivity contribution in [2.45, 2.75) is 51.9 Å². The molecule has 16 heavy (non-hydrogen) atoms.